The van der Waals surface area contributed by atoms with Crippen molar-refractivity contribution in [3.8, 4) is 23.0 Å². The van der Waals surface area contributed by atoms with Gasteiger partial charge in [0.25, 0.3) is 0 Å². The van der Waals surface area contributed by atoms with E-state index in [9.17, 15) is 38.7 Å². The molecule has 0 amide bonds. The predicted octanol–water partition coefficient (Wildman–Crippen LogP) is -0.279. The van der Waals surface area contributed by atoms with Crippen LogP contribution in [0.2, 0.25) is 0 Å². The average molecular weight is 500 g/mol. The number of carbonyl (C=O) groups is 1. The molecule has 1 aliphatic heterocycles. The second-order valence-electron chi connectivity index (χ2n) is 7.18. The van der Waals surface area contributed by atoms with Gasteiger partial charge in [0.1, 0.15) is 41.3 Å². The van der Waals surface area contributed by atoms with Crippen LogP contribution < -0.4 is 8.92 Å². The van der Waals surface area contributed by atoms with Crippen molar-refractivity contribution in [3.05, 3.63) is 47.5 Å². The van der Waals surface area contributed by atoms with Crippen LogP contribution >= 0.6 is 0 Å². The fourth-order valence-electron chi connectivity index (χ4n) is 3.10. The van der Waals surface area contributed by atoms with E-state index in [1.54, 1.807) is 0 Å². The van der Waals surface area contributed by atoms with Gasteiger partial charge in [-0.15, -0.1) is 0 Å². The summed E-state index contributed by atoms with van der Waals surface area (Å²) in [6.45, 7) is 0. The van der Waals surface area contributed by atoms with Crippen molar-refractivity contribution < 1.29 is 62.1 Å². The molecule has 13 nitrogen and oxygen atoms in total. The van der Waals surface area contributed by atoms with Crippen molar-refractivity contribution in [1.82, 2.24) is 0 Å². The Morgan fingerprint density at radius 1 is 0.941 bits per heavy atom. The molecule has 1 aliphatic rings. The van der Waals surface area contributed by atoms with Crippen molar-refractivity contribution in [1.29, 1.82) is 0 Å². The number of phenolic OH excluding ortho intramolecular Hbond substituents is 2. The number of aromatic hydroxyl groups is 2. The standard InChI is InChI=1S/C20H20O13S/c21-11-4-3-10(2-1-9-5-12(22)7-13(6-9)33-34(28,29)30)14(8-11)31-20-17(25)15(23)16(24)18(32-20)19(26)27/h1-8,15-18,20-25H,(H,26,27)(H,28,29,30)/b2-1-/t15-,16+,17+,18-,20-/m1/s1. The smallest absolute Gasteiger partial charge is 0.446 e. The maximum Gasteiger partial charge on any atom is 0.446 e. The number of hydrogen-bond acceptors (Lipinski definition) is 11. The summed E-state index contributed by atoms with van der Waals surface area (Å²) in [7, 11) is -4.83. The maximum atomic E-state index is 11.3. The third-order valence-corrected chi connectivity index (χ3v) is 5.03. The Kier molecular flexibility index (Phi) is 7.30. The minimum absolute atomic E-state index is 0.123. The summed E-state index contributed by atoms with van der Waals surface area (Å²) in [5, 5.41) is 58.6. The van der Waals surface area contributed by atoms with Crippen LogP contribution in [-0.2, 0) is 19.9 Å². The van der Waals surface area contributed by atoms with Crippen molar-refractivity contribution in [2.75, 3.05) is 0 Å². The number of aliphatic carboxylic acids is 1. The van der Waals surface area contributed by atoms with E-state index in [1.165, 1.54) is 36.4 Å². The van der Waals surface area contributed by atoms with Crippen LogP contribution in [0, 0.1) is 0 Å². The molecule has 7 N–H and O–H groups in total. The first-order chi connectivity index (χ1) is 15.8. The Bertz CT molecular complexity index is 1190. The van der Waals surface area contributed by atoms with E-state index in [4.69, 9.17) is 19.1 Å². The average Bonchev–Trinajstić information content (AvgIpc) is 2.71. The number of ether oxygens (including phenoxy) is 2. The van der Waals surface area contributed by atoms with E-state index in [-0.39, 0.29) is 34.1 Å². The molecule has 2 aromatic rings. The summed E-state index contributed by atoms with van der Waals surface area (Å²) in [6.07, 6.45) is -6.53. The molecule has 0 bridgehead atoms. The lowest BCUT2D eigenvalue weighted by atomic mass is 9.99. The highest BCUT2D eigenvalue weighted by molar-refractivity contribution is 7.81. The third-order valence-electron chi connectivity index (χ3n) is 4.62. The molecule has 3 rings (SSSR count). The second kappa shape index (κ2) is 9.84. The van der Waals surface area contributed by atoms with E-state index in [1.807, 2.05) is 0 Å². The number of carboxylic acids is 1. The molecule has 2 aromatic carbocycles. The molecule has 14 heteroatoms. The van der Waals surface area contributed by atoms with Crippen LogP contribution in [0.4, 0.5) is 0 Å². The molecule has 1 fully saturated rings. The Morgan fingerprint density at radius 2 is 1.65 bits per heavy atom. The summed E-state index contributed by atoms with van der Waals surface area (Å²) in [5.41, 5.74) is 0.456. The molecule has 0 saturated carbocycles. The molecule has 1 heterocycles. The van der Waals surface area contributed by atoms with E-state index >= 15 is 0 Å². The number of phenols is 2. The molecular formula is C20H20O13S. The van der Waals surface area contributed by atoms with Crippen molar-refractivity contribution >= 4 is 28.5 Å². The fourth-order valence-corrected chi connectivity index (χ4v) is 3.43. The van der Waals surface area contributed by atoms with Gasteiger partial charge in [-0.1, -0.05) is 12.2 Å². The lowest BCUT2D eigenvalue weighted by Crippen LogP contribution is -2.61. The number of benzene rings is 2. The zero-order valence-corrected chi connectivity index (χ0v) is 17.8. The number of carboxylic acid groups (broad SMARTS) is 1. The number of hydrogen-bond donors (Lipinski definition) is 7. The molecule has 1 saturated heterocycles. The lowest BCUT2D eigenvalue weighted by molar-refractivity contribution is -0.271. The zero-order chi connectivity index (χ0) is 25.2. The van der Waals surface area contributed by atoms with E-state index in [0.29, 0.717) is 0 Å². The Labute approximate surface area is 192 Å². The van der Waals surface area contributed by atoms with Gasteiger partial charge in [-0.2, -0.15) is 8.42 Å². The molecule has 0 unspecified atom stereocenters. The Hall–Kier alpha value is -3.40. The topological polar surface area (TPSA) is 221 Å². The predicted molar refractivity (Wildman–Crippen MR) is 112 cm³/mol. The van der Waals surface area contributed by atoms with Gasteiger partial charge >= 0.3 is 16.4 Å². The van der Waals surface area contributed by atoms with E-state index in [2.05, 4.69) is 4.18 Å². The van der Waals surface area contributed by atoms with Crippen LogP contribution in [0.1, 0.15) is 11.1 Å². The van der Waals surface area contributed by atoms with Gasteiger partial charge in [-0.3, -0.25) is 4.55 Å². The molecule has 5 atom stereocenters. The summed E-state index contributed by atoms with van der Waals surface area (Å²) < 4.78 is 45.4. The molecule has 0 aliphatic carbocycles. The Morgan fingerprint density at radius 3 is 2.29 bits per heavy atom. The molecule has 184 valence electrons. The number of aliphatic hydroxyl groups is 3. The molecule has 0 spiro atoms. The first kappa shape index (κ1) is 25.2. The van der Waals surface area contributed by atoms with E-state index < -0.39 is 47.1 Å². The highest BCUT2D eigenvalue weighted by atomic mass is 32.3. The quantitative estimate of drug-likeness (QED) is 0.192. The molecular weight excluding hydrogens is 480 g/mol. The summed E-state index contributed by atoms with van der Waals surface area (Å²) >= 11 is 0. The summed E-state index contributed by atoms with van der Waals surface area (Å²) in [4.78, 5) is 11.3. The largest absolute Gasteiger partial charge is 0.508 e. The van der Waals surface area contributed by atoms with Gasteiger partial charge in [-0.05, 0) is 29.8 Å². The van der Waals surface area contributed by atoms with Gasteiger partial charge in [-0.25, -0.2) is 4.79 Å². The normalized spacial score (nSPS) is 25.2. The van der Waals surface area contributed by atoms with Crippen LogP contribution in [0.5, 0.6) is 23.0 Å². The zero-order valence-electron chi connectivity index (χ0n) is 17.0. The first-order valence-corrected chi connectivity index (χ1v) is 10.8. The van der Waals surface area contributed by atoms with Gasteiger partial charge in [0.2, 0.25) is 6.29 Å². The Balaban J connectivity index is 1.89. The highest BCUT2D eigenvalue weighted by Crippen LogP contribution is 2.31. The van der Waals surface area contributed by atoms with Crippen LogP contribution in [0.15, 0.2) is 36.4 Å². The van der Waals surface area contributed by atoms with Gasteiger partial charge in [0.05, 0.1) is 0 Å². The third kappa shape index (κ3) is 6.13. The maximum absolute atomic E-state index is 11.3. The molecule has 0 radical (unpaired) electrons. The molecule has 0 aromatic heterocycles. The van der Waals surface area contributed by atoms with Crippen molar-refractivity contribution in [2.45, 2.75) is 30.7 Å². The highest BCUT2D eigenvalue weighted by Gasteiger charge is 2.48. The van der Waals surface area contributed by atoms with Crippen molar-refractivity contribution in [3.63, 3.8) is 0 Å². The van der Waals surface area contributed by atoms with Gasteiger partial charge in [0, 0.05) is 17.7 Å². The number of rotatable bonds is 7. The minimum Gasteiger partial charge on any atom is -0.508 e. The monoisotopic (exact) mass is 500 g/mol. The van der Waals surface area contributed by atoms with Gasteiger partial charge in [0.15, 0.2) is 6.10 Å². The summed E-state index contributed by atoms with van der Waals surface area (Å²) in [6, 6.07) is 7.11. The minimum atomic E-state index is -4.83. The van der Waals surface area contributed by atoms with Crippen molar-refractivity contribution in [2.24, 2.45) is 0 Å². The summed E-state index contributed by atoms with van der Waals surface area (Å²) in [5.74, 6) is -2.75. The fraction of sp³-hybridized carbons (Fsp3) is 0.250. The van der Waals surface area contributed by atoms with Crippen LogP contribution in [0.3, 0.4) is 0 Å². The second-order valence-corrected chi connectivity index (χ2v) is 8.20. The first-order valence-electron chi connectivity index (χ1n) is 9.45. The van der Waals surface area contributed by atoms with Crippen LogP contribution in [0.25, 0.3) is 12.2 Å². The van der Waals surface area contributed by atoms with E-state index in [0.717, 1.165) is 12.1 Å². The van der Waals surface area contributed by atoms with Gasteiger partial charge < -0.3 is 44.3 Å². The number of aliphatic hydroxyl groups excluding tert-OH is 3. The van der Waals surface area contributed by atoms with Crippen LogP contribution in [-0.4, -0.2) is 80.3 Å². The SMILES string of the molecule is O=C(O)[C@@H]1O[C@@H](Oc2cc(O)ccc2/C=C\c2cc(O)cc(OS(=O)(=O)O)c2)[C@@H](O)[C@H](O)[C@@H]1O. The molecule has 34 heavy (non-hydrogen) atoms. The lowest BCUT2D eigenvalue weighted by Gasteiger charge is -2.38.